The van der Waals surface area contributed by atoms with Crippen LogP contribution in [0.5, 0.6) is 0 Å². The van der Waals surface area contributed by atoms with Crippen molar-refractivity contribution in [1.29, 1.82) is 0 Å². The summed E-state index contributed by atoms with van der Waals surface area (Å²) in [5, 5.41) is 3.30. The Morgan fingerprint density at radius 2 is 1.69 bits per heavy atom. The predicted octanol–water partition coefficient (Wildman–Crippen LogP) is 0.985. The van der Waals surface area contributed by atoms with Crippen LogP contribution in [0.3, 0.4) is 0 Å². The molecule has 0 radical (unpaired) electrons. The maximum atomic E-state index is 12.1. The monoisotopic (exact) mass is 194 g/mol. The predicted molar refractivity (Wildman–Crippen MR) is 42.4 cm³/mol. The first-order valence-corrected chi connectivity index (χ1v) is 4.58. The van der Waals surface area contributed by atoms with Gasteiger partial charge in [-0.2, -0.15) is 13.2 Å². The molecule has 0 saturated carbocycles. The first kappa shape index (κ1) is 9.27. The number of nitrogens with one attached hydrogen (secondary N) is 1. The fourth-order valence-corrected chi connectivity index (χ4v) is 2.27. The van der Waals surface area contributed by atoms with Gasteiger partial charge in [0.25, 0.3) is 0 Å². The molecule has 0 aromatic heterocycles. The fraction of sp³-hybridized carbons (Fsp3) is 1.00. The van der Waals surface area contributed by atoms with Crippen LogP contribution in [0.1, 0.15) is 12.8 Å². The molecule has 0 amide bonds. The van der Waals surface area contributed by atoms with E-state index in [9.17, 15) is 13.2 Å². The highest BCUT2D eigenvalue weighted by Gasteiger charge is 2.37. The smallest absolute Gasteiger partial charge is 0.309 e. The van der Waals surface area contributed by atoms with Gasteiger partial charge in [-0.05, 0) is 12.8 Å². The van der Waals surface area contributed by atoms with Gasteiger partial charge in [0.1, 0.15) is 0 Å². The van der Waals surface area contributed by atoms with Crippen molar-refractivity contribution >= 4 is 0 Å². The lowest BCUT2D eigenvalue weighted by molar-refractivity contribution is -0.148. The second-order valence-electron chi connectivity index (χ2n) is 3.95. The number of alkyl halides is 3. The quantitative estimate of drug-likeness (QED) is 0.669. The molecule has 2 aliphatic heterocycles. The summed E-state index contributed by atoms with van der Waals surface area (Å²) in [6.45, 7) is 0.355. The van der Waals surface area contributed by atoms with Crippen molar-refractivity contribution in [3.05, 3.63) is 0 Å². The van der Waals surface area contributed by atoms with Crippen LogP contribution in [-0.4, -0.2) is 42.8 Å². The highest BCUT2D eigenvalue weighted by Crippen LogP contribution is 2.23. The Labute approximate surface area is 75.1 Å². The van der Waals surface area contributed by atoms with E-state index in [1.165, 1.54) is 4.90 Å². The van der Waals surface area contributed by atoms with Crippen LogP contribution in [-0.2, 0) is 0 Å². The Bertz CT molecular complexity index is 180. The summed E-state index contributed by atoms with van der Waals surface area (Å²) >= 11 is 0. The number of fused-ring (bicyclic) bond motifs is 2. The van der Waals surface area contributed by atoms with Crippen LogP contribution in [0.25, 0.3) is 0 Å². The van der Waals surface area contributed by atoms with Crippen LogP contribution in [0.4, 0.5) is 13.2 Å². The largest absolute Gasteiger partial charge is 0.401 e. The summed E-state index contributed by atoms with van der Waals surface area (Å²) in [5.74, 6) is 0. The second kappa shape index (κ2) is 3.13. The van der Waals surface area contributed by atoms with Crippen molar-refractivity contribution in [2.24, 2.45) is 0 Å². The molecule has 0 aromatic rings. The molecule has 2 fully saturated rings. The number of piperazine rings is 1. The molecule has 0 aromatic carbocycles. The Balaban J connectivity index is 1.88. The molecule has 2 rings (SSSR count). The molecular weight excluding hydrogens is 181 g/mol. The van der Waals surface area contributed by atoms with Gasteiger partial charge in [-0.15, -0.1) is 0 Å². The zero-order chi connectivity index (χ0) is 9.47. The molecule has 5 heteroatoms. The fourth-order valence-electron chi connectivity index (χ4n) is 2.27. The number of hydrogen-bond donors (Lipinski definition) is 1. The number of hydrogen-bond acceptors (Lipinski definition) is 2. The first-order chi connectivity index (χ1) is 6.03. The average molecular weight is 194 g/mol. The third-order valence-corrected chi connectivity index (χ3v) is 2.70. The highest BCUT2D eigenvalue weighted by atomic mass is 19.4. The van der Waals surface area contributed by atoms with Crippen molar-refractivity contribution in [2.75, 3.05) is 19.6 Å². The van der Waals surface area contributed by atoms with Gasteiger partial charge < -0.3 is 5.32 Å². The molecule has 2 atom stereocenters. The Morgan fingerprint density at radius 3 is 2.15 bits per heavy atom. The maximum Gasteiger partial charge on any atom is 0.401 e. The third kappa shape index (κ3) is 2.34. The highest BCUT2D eigenvalue weighted by molar-refractivity contribution is 4.93. The summed E-state index contributed by atoms with van der Waals surface area (Å²) in [4.78, 5) is 1.51. The van der Waals surface area contributed by atoms with Crippen LogP contribution in [0, 0.1) is 0 Å². The van der Waals surface area contributed by atoms with Crippen molar-refractivity contribution in [2.45, 2.75) is 31.1 Å². The summed E-state index contributed by atoms with van der Waals surface area (Å²) in [6, 6.07) is 0.585. The number of nitrogens with zero attached hydrogens (tertiary/aromatic N) is 1. The van der Waals surface area contributed by atoms with Crippen LogP contribution in [0.2, 0.25) is 0 Å². The van der Waals surface area contributed by atoms with Gasteiger partial charge in [-0.25, -0.2) is 0 Å². The van der Waals surface area contributed by atoms with Crippen molar-refractivity contribution < 1.29 is 13.2 Å². The second-order valence-corrected chi connectivity index (χ2v) is 3.95. The molecule has 1 N–H and O–H groups in total. The molecule has 13 heavy (non-hydrogen) atoms. The molecule has 76 valence electrons. The summed E-state index contributed by atoms with van der Waals surface area (Å²) < 4.78 is 36.2. The number of likely N-dealkylation sites (tertiary alicyclic amines) is 1. The Kier molecular flexibility index (Phi) is 2.23. The van der Waals surface area contributed by atoms with Gasteiger partial charge in [-0.3, -0.25) is 4.90 Å². The summed E-state index contributed by atoms with van der Waals surface area (Å²) in [6.07, 6.45) is -1.99. The van der Waals surface area contributed by atoms with Crippen molar-refractivity contribution in [1.82, 2.24) is 10.2 Å². The number of halogens is 3. The maximum absolute atomic E-state index is 12.1. The number of rotatable bonds is 1. The standard InChI is InChI=1S/C8H13F3N2/c9-8(10,11)5-13-3-6-1-2-7(4-13)12-6/h6-7,12H,1-5H2. The van der Waals surface area contributed by atoms with E-state index in [1.54, 1.807) is 0 Å². The van der Waals surface area contributed by atoms with Gasteiger partial charge in [0.2, 0.25) is 0 Å². The molecule has 2 unspecified atom stereocenters. The molecule has 2 aliphatic rings. The first-order valence-electron chi connectivity index (χ1n) is 4.58. The molecule has 2 heterocycles. The van der Waals surface area contributed by atoms with E-state index in [2.05, 4.69) is 5.32 Å². The van der Waals surface area contributed by atoms with Gasteiger partial charge in [0.15, 0.2) is 0 Å². The average Bonchev–Trinajstić information content (AvgIpc) is 2.27. The minimum absolute atomic E-state index is 0.293. The third-order valence-electron chi connectivity index (χ3n) is 2.70. The normalized spacial score (nSPS) is 35.3. The van der Waals surface area contributed by atoms with E-state index in [0.29, 0.717) is 25.2 Å². The molecular formula is C8H13F3N2. The molecule has 2 saturated heterocycles. The molecule has 2 nitrogen and oxygen atoms in total. The van der Waals surface area contributed by atoms with E-state index in [-0.39, 0.29) is 0 Å². The van der Waals surface area contributed by atoms with E-state index in [4.69, 9.17) is 0 Å². The van der Waals surface area contributed by atoms with Gasteiger partial charge >= 0.3 is 6.18 Å². The zero-order valence-corrected chi connectivity index (χ0v) is 7.27. The van der Waals surface area contributed by atoms with E-state index in [0.717, 1.165) is 12.8 Å². The summed E-state index contributed by atoms with van der Waals surface area (Å²) in [7, 11) is 0. The lowest BCUT2D eigenvalue weighted by Crippen LogP contribution is -2.53. The lowest BCUT2D eigenvalue weighted by atomic mass is 10.2. The molecule has 0 spiro atoms. The Morgan fingerprint density at radius 1 is 1.15 bits per heavy atom. The van der Waals surface area contributed by atoms with E-state index >= 15 is 0 Å². The molecule has 0 aliphatic carbocycles. The van der Waals surface area contributed by atoms with Gasteiger partial charge in [0, 0.05) is 25.2 Å². The minimum Gasteiger partial charge on any atom is -0.309 e. The van der Waals surface area contributed by atoms with E-state index in [1.807, 2.05) is 0 Å². The lowest BCUT2D eigenvalue weighted by Gasteiger charge is -2.33. The van der Waals surface area contributed by atoms with Crippen molar-refractivity contribution in [3.8, 4) is 0 Å². The van der Waals surface area contributed by atoms with Gasteiger partial charge in [-0.1, -0.05) is 0 Å². The minimum atomic E-state index is -4.04. The van der Waals surface area contributed by atoms with E-state index < -0.39 is 12.7 Å². The zero-order valence-electron chi connectivity index (χ0n) is 7.27. The topological polar surface area (TPSA) is 15.3 Å². The van der Waals surface area contributed by atoms with Crippen molar-refractivity contribution in [3.63, 3.8) is 0 Å². The SMILES string of the molecule is FC(F)(F)CN1CC2CCC(C1)N2. The van der Waals surface area contributed by atoms with Crippen LogP contribution < -0.4 is 5.32 Å². The Hall–Kier alpha value is -0.290. The van der Waals surface area contributed by atoms with Crippen LogP contribution >= 0.6 is 0 Å². The molecule has 2 bridgehead atoms. The summed E-state index contributed by atoms with van der Waals surface area (Å²) in [5.41, 5.74) is 0. The van der Waals surface area contributed by atoms with Crippen LogP contribution in [0.15, 0.2) is 0 Å². The van der Waals surface area contributed by atoms with Gasteiger partial charge in [0.05, 0.1) is 6.54 Å².